The fourth-order valence-electron chi connectivity index (χ4n) is 1.18. The van der Waals surface area contributed by atoms with Crippen molar-refractivity contribution in [3.8, 4) is 0 Å². The molecular weight excluding hydrogens is 126 g/mol. The smallest absolute Gasteiger partial charge is 0.0473 e. The van der Waals surface area contributed by atoms with Crippen LogP contribution >= 0.6 is 0 Å². The molecule has 0 amide bonds. The Balaban J connectivity index is 3.53. The first kappa shape index (κ1) is 9.92. The molecule has 0 aliphatic rings. The van der Waals surface area contributed by atoms with Crippen LogP contribution < -0.4 is 5.73 Å². The monoisotopic (exact) mass is 145 g/mol. The van der Waals surface area contributed by atoms with Crippen molar-refractivity contribution < 1.29 is 5.11 Å². The third-order valence-corrected chi connectivity index (χ3v) is 2.09. The summed E-state index contributed by atoms with van der Waals surface area (Å²) in [6, 6.07) is 0. The minimum absolute atomic E-state index is 0.234. The standard InChI is InChI=1S/C8H19NO/c1-3-4-7(2)8(5-9)6-10/h7-8,10H,3-6,9H2,1-2H3. The van der Waals surface area contributed by atoms with Gasteiger partial charge in [-0.2, -0.15) is 0 Å². The average molecular weight is 145 g/mol. The minimum Gasteiger partial charge on any atom is -0.396 e. The number of hydrogen-bond donors (Lipinski definition) is 2. The van der Waals surface area contributed by atoms with Gasteiger partial charge in [0.1, 0.15) is 0 Å². The molecule has 0 saturated carbocycles. The number of hydrogen-bond acceptors (Lipinski definition) is 2. The summed E-state index contributed by atoms with van der Waals surface area (Å²) in [4.78, 5) is 0. The molecule has 0 spiro atoms. The topological polar surface area (TPSA) is 46.2 Å². The largest absolute Gasteiger partial charge is 0.396 e. The summed E-state index contributed by atoms with van der Waals surface area (Å²) in [6.07, 6.45) is 2.35. The van der Waals surface area contributed by atoms with Crippen LogP contribution in [0.1, 0.15) is 26.7 Å². The molecule has 10 heavy (non-hydrogen) atoms. The first-order valence-electron chi connectivity index (χ1n) is 4.07. The Hall–Kier alpha value is -0.0800. The van der Waals surface area contributed by atoms with Crippen molar-refractivity contribution in [2.75, 3.05) is 13.2 Å². The Bertz CT molecular complexity index is 71.7. The van der Waals surface area contributed by atoms with Gasteiger partial charge in [0.15, 0.2) is 0 Å². The van der Waals surface area contributed by atoms with Crippen molar-refractivity contribution in [1.82, 2.24) is 0 Å². The van der Waals surface area contributed by atoms with E-state index in [-0.39, 0.29) is 6.61 Å². The van der Waals surface area contributed by atoms with Crippen LogP contribution in [0.2, 0.25) is 0 Å². The van der Waals surface area contributed by atoms with E-state index < -0.39 is 0 Å². The summed E-state index contributed by atoms with van der Waals surface area (Å²) in [5.74, 6) is 0.875. The highest BCUT2D eigenvalue weighted by Crippen LogP contribution is 2.14. The normalized spacial score (nSPS) is 16.8. The third-order valence-electron chi connectivity index (χ3n) is 2.09. The second kappa shape index (κ2) is 5.69. The number of rotatable bonds is 5. The van der Waals surface area contributed by atoms with Crippen LogP contribution in [0.15, 0.2) is 0 Å². The molecule has 0 rings (SSSR count). The summed E-state index contributed by atoms with van der Waals surface area (Å²) in [6.45, 7) is 5.15. The van der Waals surface area contributed by atoms with Crippen molar-refractivity contribution in [1.29, 1.82) is 0 Å². The van der Waals surface area contributed by atoms with E-state index in [2.05, 4.69) is 13.8 Å². The molecule has 0 saturated heterocycles. The van der Waals surface area contributed by atoms with Crippen molar-refractivity contribution in [3.05, 3.63) is 0 Å². The van der Waals surface area contributed by atoms with Crippen LogP contribution in [0.25, 0.3) is 0 Å². The molecule has 2 nitrogen and oxygen atoms in total. The van der Waals surface area contributed by atoms with Crippen LogP contribution in [0, 0.1) is 11.8 Å². The molecule has 3 N–H and O–H groups in total. The lowest BCUT2D eigenvalue weighted by atomic mass is 9.91. The fourth-order valence-corrected chi connectivity index (χ4v) is 1.18. The lowest BCUT2D eigenvalue weighted by Gasteiger charge is -2.18. The molecule has 2 unspecified atom stereocenters. The van der Waals surface area contributed by atoms with Gasteiger partial charge in [0.2, 0.25) is 0 Å². The molecule has 0 aromatic carbocycles. The maximum Gasteiger partial charge on any atom is 0.0473 e. The third kappa shape index (κ3) is 3.18. The van der Waals surface area contributed by atoms with E-state index in [1.54, 1.807) is 0 Å². The molecule has 62 valence electrons. The van der Waals surface area contributed by atoms with E-state index in [1.807, 2.05) is 0 Å². The van der Waals surface area contributed by atoms with Gasteiger partial charge in [-0.15, -0.1) is 0 Å². The van der Waals surface area contributed by atoms with Gasteiger partial charge in [-0.3, -0.25) is 0 Å². The maximum absolute atomic E-state index is 8.84. The van der Waals surface area contributed by atoms with E-state index in [0.717, 1.165) is 0 Å². The highest BCUT2D eigenvalue weighted by atomic mass is 16.3. The predicted molar refractivity (Wildman–Crippen MR) is 43.7 cm³/mol. The maximum atomic E-state index is 8.84. The molecule has 0 bridgehead atoms. The lowest BCUT2D eigenvalue weighted by Crippen LogP contribution is -2.24. The first-order chi connectivity index (χ1) is 4.76. The highest BCUT2D eigenvalue weighted by Gasteiger charge is 2.12. The average Bonchev–Trinajstić information content (AvgIpc) is 1.91. The molecule has 0 heterocycles. The van der Waals surface area contributed by atoms with Gasteiger partial charge in [-0.05, 0) is 18.4 Å². The quantitative estimate of drug-likeness (QED) is 0.606. The van der Waals surface area contributed by atoms with Crippen molar-refractivity contribution in [2.45, 2.75) is 26.7 Å². The molecule has 0 aliphatic carbocycles. The Morgan fingerprint density at radius 2 is 2.10 bits per heavy atom. The predicted octanol–water partition coefficient (Wildman–Crippen LogP) is 0.990. The van der Waals surface area contributed by atoms with Crippen LogP contribution in [0.3, 0.4) is 0 Å². The van der Waals surface area contributed by atoms with Crippen molar-refractivity contribution >= 4 is 0 Å². The number of nitrogens with two attached hydrogens (primary N) is 1. The van der Waals surface area contributed by atoms with Crippen LogP contribution in [0.4, 0.5) is 0 Å². The number of aliphatic hydroxyl groups excluding tert-OH is 1. The second-order valence-electron chi connectivity index (χ2n) is 2.94. The van der Waals surface area contributed by atoms with E-state index in [4.69, 9.17) is 10.8 Å². The molecule has 2 heteroatoms. The Kier molecular flexibility index (Phi) is 5.64. The molecule has 0 fully saturated rings. The van der Waals surface area contributed by atoms with Gasteiger partial charge < -0.3 is 10.8 Å². The Morgan fingerprint density at radius 3 is 2.40 bits per heavy atom. The lowest BCUT2D eigenvalue weighted by molar-refractivity contribution is 0.182. The van der Waals surface area contributed by atoms with Gasteiger partial charge in [0, 0.05) is 6.61 Å². The summed E-state index contributed by atoms with van der Waals surface area (Å²) in [7, 11) is 0. The zero-order valence-corrected chi connectivity index (χ0v) is 7.01. The molecule has 0 radical (unpaired) electrons. The van der Waals surface area contributed by atoms with E-state index in [9.17, 15) is 0 Å². The van der Waals surface area contributed by atoms with Crippen molar-refractivity contribution in [3.63, 3.8) is 0 Å². The van der Waals surface area contributed by atoms with Crippen LogP contribution in [0.5, 0.6) is 0 Å². The zero-order valence-electron chi connectivity index (χ0n) is 7.01. The van der Waals surface area contributed by atoms with E-state index >= 15 is 0 Å². The highest BCUT2D eigenvalue weighted by molar-refractivity contribution is 4.65. The minimum atomic E-state index is 0.234. The van der Waals surface area contributed by atoms with Gasteiger partial charge in [0.05, 0.1) is 0 Å². The van der Waals surface area contributed by atoms with E-state index in [1.165, 1.54) is 12.8 Å². The Morgan fingerprint density at radius 1 is 1.50 bits per heavy atom. The van der Waals surface area contributed by atoms with E-state index in [0.29, 0.717) is 18.4 Å². The van der Waals surface area contributed by atoms with Crippen LogP contribution in [-0.4, -0.2) is 18.3 Å². The molecule has 0 aromatic heterocycles. The summed E-state index contributed by atoms with van der Waals surface area (Å²) in [5.41, 5.74) is 5.45. The molecule has 0 aromatic rings. The fraction of sp³-hybridized carbons (Fsp3) is 1.00. The second-order valence-corrected chi connectivity index (χ2v) is 2.94. The summed E-state index contributed by atoms with van der Waals surface area (Å²) < 4.78 is 0. The van der Waals surface area contributed by atoms with Gasteiger partial charge >= 0.3 is 0 Å². The molecule has 2 atom stereocenters. The van der Waals surface area contributed by atoms with Gasteiger partial charge in [-0.25, -0.2) is 0 Å². The Labute approximate surface area is 63.4 Å². The van der Waals surface area contributed by atoms with Crippen molar-refractivity contribution in [2.24, 2.45) is 17.6 Å². The van der Waals surface area contributed by atoms with Crippen LogP contribution in [-0.2, 0) is 0 Å². The molecule has 0 aliphatic heterocycles. The summed E-state index contributed by atoms with van der Waals surface area (Å²) in [5, 5.41) is 8.84. The first-order valence-corrected chi connectivity index (χ1v) is 4.07. The summed E-state index contributed by atoms with van der Waals surface area (Å²) >= 11 is 0. The SMILES string of the molecule is CCCC(C)C(CN)CO. The zero-order chi connectivity index (χ0) is 7.98. The van der Waals surface area contributed by atoms with Gasteiger partial charge in [-0.1, -0.05) is 26.7 Å². The number of aliphatic hydroxyl groups is 1. The van der Waals surface area contributed by atoms with Gasteiger partial charge in [0.25, 0.3) is 0 Å². The molecular formula is C8H19NO.